The van der Waals surface area contributed by atoms with Crippen LogP contribution in [0.1, 0.15) is 36.2 Å². The van der Waals surface area contributed by atoms with E-state index < -0.39 is 0 Å². The van der Waals surface area contributed by atoms with Gasteiger partial charge in [0.1, 0.15) is 5.69 Å². The molecule has 2 N–H and O–H groups in total. The Morgan fingerprint density at radius 1 is 0.926 bits per heavy atom. The lowest BCUT2D eigenvalue weighted by Crippen LogP contribution is -2.26. The van der Waals surface area contributed by atoms with E-state index in [4.69, 9.17) is 0 Å². The highest BCUT2D eigenvalue weighted by Crippen LogP contribution is 2.28. The van der Waals surface area contributed by atoms with Crippen LogP contribution in [0.2, 0.25) is 0 Å². The van der Waals surface area contributed by atoms with E-state index in [0.29, 0.717) is 5.39 Å². The van der Waals surface area contributed by atoms with Crippen LogP contribution in [0.4, 0.5) is 11.4 Å². The lowest BCUT2D eigenvalue weighted by Gasteiger charge is -2.25. The van der Waals surface area contributed by atoms with Crippen LogP contribution in [0.5, 0.6) is 0 Å². The molecular formula is C22H23N3O2. The van der Waals surface area contributed by atoms with Crippen LogP contribution in [-0.4, -0.2) is 24.0 Å². The number of carbonyl (C=O) groups is 1. The number of pyridine rings is 1. The molecule has 5 heteroatoms. The molecule has 0 atom stereocenters. The van der Waals surface area contributed by atoms with Crippen LogP contribution in [0.3, 0.4) is 0 Å². The van der Waals surface area contributed by atoms with Crippen molar-refractivity contribution in [3.05, 3.63) is 70.6 Å². The summed E-state index contributed by atoms with van der Waals surface area (Å²) in [5.41, 5.74) is 1.83. The maximum atomic E-state index is 12.8. The van der Waals surface area contributed by atoms with Crippen molar-refractivity contribution in [1.29, 1.82) is 0 Å². The maximum absolute atomic E-state index is 12.8. The molecule has 2 aromatic carbocycles. The standard InChI is InChI=1S/C22H23N3O2/c26-21-17-10-4-3-9-16(17)15-19(24-21)22(27)23-18-11-5-6-12-20(18)25-13-7-1-2-8-14-25/h3-6,9-12,15H,1-2,7-8,13-14H2,(H,23,27)(H,24,26). The predicted molar refractivity (Wildman–Crippen MR) is 110 cm³/mol. The van der Waals surface area contributed by atoms with E-state index in [1.807, 2.05) is 42.5 Å². The van der Waals surface area contributed by atoms with Crippen LogP contribution >= 0.6 is 0 Å². The zero-order valence-electron chi connectivity index (χ0n) is 15.2. The molecule has 1 aliphatic heterocycles. The number of fused-ring (bicyclic) bond motifs is 1. The largest absolute Gasteiger partial charge is 0.370 e. The second kappa shape index (κ2) is 7.66. The van der Waals surface area contributed by atoms with Crippen molar-refractivity contribution in [2.75, 3.05) is 23.3 Å². The Hall–Kier alpha value is -3.08. The van der Waals surface area contributed by atoms with Crippen LogP contribution in [-0.2, 0) is 0 Å². The first-order valence-electron chi connectivity index (χ1n) is 9.50. The van der Waals surface area contributed by atoms with Crippen molar-refractivity contribution in [3.8, 4) is 0 Å². The van der Waals surface area contributed by atoms with Crippen LogP contribution in [0.15, 0.2) is 59.4 Å². The van der Waals surface area contributed by atoms with Crippen molar-refractivity contribution >= 4 is 28.1 Å². The molecule has 27 heavy (non-hydrogen) atoms. The molecule has 4 rings (SSSR count). The molecule has 1 aromatic heterocycles. The van der Waals surface area contributed by atoms with E-state index in [1.54, 1.807) is 12.1 Å². The number of anilines is 2. The highest BCUT2D eigenvalue weighted by molar-refractivity contribution is 6.06. The van der Waals surface area contributed by atoms with Crippen molar-refractivity contribution in [2.24, 2.45) is 0 Å². The topological polar surface area (TPSA) is 65.2 Å². The lowest BCUT2D eigenvalue weighted by atomic mass is 10.1. The van der Waals surface area contributed by atoms with Crippen LogP contribution in [0, 0.1) is 0 Å². The molecular weight excluding hydrogens is 338 g/mol. The number of nitrogens with one attached hydrogen (secondary N) is 2. The SMILES string of the molecule is O=C(Nc1ccccc1N1CCCCCC1)c1cc2ccccc2c(=O)[nH]1. The van der Waals surface area contributed by atoms with Gasteiger partial charge in [0.15, 0.2) is 0 Å². The maximum Gasteiger partial charge on any atom is 0.272 e. The Morgan fingerprint density at radius 3 is 2.44 bits per heavy atom. The first kappa shape index (κ1) is 17.3. The fraction of sp³-hybridized carbons (Fsp3) is 0.273. The Balaban J connectivity index is 1.63. The van der Waals surface area contributed by atoms with Gasteiger partial charge in [-0.25, -0.2) is 0 Å². The fourth-order valence-corrected chi connectivity index (χ4v) is 3.69. The average molecular weight is 361 g/mol. The van der Waals surface area contributed by atoms with Gasteiger partial charge >= 0.3 is 0 Å². The van der Waals surface area contributed by atoms with Crippen molar-refractivity contribution in [1.82, 2.24) is 4.98 Å². The van der Waals surface area contributed by atoms with Gasteiger partial charge in [-0.1, -0.05) is 43.2 Å². The third kappa shape index (κ3) is 3.72. The van der Waals surface area contributed by atoms with E-state index >= 15 is 0 Å². The van der Waals surface area contributed by atoms with Gasteiger partial charge in [0.25, 0.3) is 11.5 Å². The molecule has 1 saturated heterocycles. The second-order valence-corrected chi connectivity index (χ2v) is 6.97. The van der Waals surface area contributed by atoms with Crippen molar-refractivity contribution in [3.63, 3.8) is 0 Å². The van der Waals surface area contributed by atoms with Gasteiger partial charge < -0.3 is 15.2 Å². The third-order valence-electron chi connectivity index (χ3n) is 5.10. The summed E-state index contributed by atoms with van der Waals surface area (Å²) in [4.78, 5) is 30.1. The van der Waals surface area contributed by atoms with Gasteiger partial charge in [-0.2, -0.15) is 0 Å². The number of para-hydroxylation sites is 2. The molecule has 0 bridgehead atoms. The molecule has 0 spiro atoms. The van der Waals surface area contributed by atoms with Gasteiger partial charge in [0, 0.05) is 18.5 Å². The Labute approximate surface area is 158 Å². The molecule has 1 amide bonds. The van der Waals surface area contributed by atoms with Gasteiger partial charge in [0.05, 0.1) is 11.4 Å². The minimum Gasteiger partial charge on any atom is -0.370 e. The van der Waals surface area contributed by atoms with Gasteiger partial charge in [-0.15, -0.1) is 0 Å². The van der Waals surface area contributed by atoms with Gasteiger partial charge in [-0.05, 0) is 42.5 Å². The van der Waals surface area contributed by atoms with E-state index in [0.717, 1.165) is 29.9 Å². The zero-order valence-corrected chi connectivity index (χ0v) is 15.2. The smallest absolute Gasteiger partial charge is 0.272 e. The number of amides is 1. The number of hydrogen-bond acceptors (Lipinski definition) is 3. The minimum atomic E-state index is -0.305. The first-order valence-corrected chi connectivity index (χ1v) is 9.50. The van der Waals surface area contributed by atoms with Gasteiger partial charge in [-0.3, -0.25) is 9.59 Å². The van der Waals surface area contributed by atoms with Crippen LogP contribution in [0.25, 0.3) is 10.8 Å². The number of benzene rings is 2. The molecule has 0 saturated carbocycles. The third-order valence-corrected chi connectivity index (χ3v) is 5.10. The molecule has 1 aliphatic rings. The van der Waals surface area contributed by atoms with E-state index in [9.17, 15) is 9.59 Å². The fourth-order valence-electron chi connectivity index (χ4n) is 3.69. The summed E-state index contributed by atoms with van der Waals surface area (Å²) in [6.45, 7) is 2.00. The minimum absolute atomic E-state index is 0.251. The number of aromatic amines is 1. The summed E-state index contributed by atoms with van der Waals surface area (Å²) >= 11 is 0. The number of aromatic nitrogens is 1. The number of carbonyl (C=O) groups excluding carboxylic acids is 1. The van der Waals surface area contributed by atoms with Crippen molar-refractivity contribution < 1.29 is 4.79 Å². The quantitative estimate of drug-likeness (QED) is 0.736. The molecule has 1 fully saturated rings. The monoisotopic (exact) mass is 361 g/mol. The number of nitrogens with zero attached hydrogens (tertiary/aromatic N) is 1. The highest BCUT2D eigenvalue weighted by atomic mass is 16.2. The Morgan fingerprint density at radius 2 is 1.63 bits per heavy atom. The lowest BCUT2D eigenvalue weighted by molar-refractivity contribution is 0.102. The summed E-state index contributed by atoms with van der Waals surface area (Å²) < 4.78 is 0. The normalized spacial score (nSPS) is 14.7. The molecule has 2 heterocycles. The number of hydrogen-bond donors (Lipinski definition) is 2. The van der Waals surface area contributed by atoms with E-state index in [-0.39, 0.29) is 17.2 Å². The first-order chi connectivity index (χ1) is 13.2. The molecule has 5 nitrogen and oxygen atoms in total. The summed E-state index contributed by atoms with van der Waals surface area (Å²) in [6, 6.07) is 16.9. The van der Waals surface area contributed by atoms with E-state index in [1.165, 1.54) is 25.7 Å². The zero-order chi connectivity index (χ0) is 18.6. The average Bonchev–Trinajstić information content (AvgIpc) is 2.98. The molecule has 138 valence electrons. The summed E-state index contributed by atoms with van der Waals surface area (Å²) in [5, 5.41) is 4.32. The molecule has 3 aromatic rings. The number of rotatable bonds is 3. The van der Waals surface area contributed by atoms with Gasteiger partial charge in [0.2, 0.25) is 0 Å². The summed E-state index contributed by atoms with van der Waals surface area (Å²) in [5.74, 6) is -0.305. The predicted octanol–water partition coefficient (Wildman–Crippen LogP) is 4.16. The molecule has 0 aliphatic carbocycles. The highest BCUT2D eigenvalue weighted by Gasteiger charge is 2.16. The Kier molecular flexibility index (Phi) is 4.92. The second-order valence-electron chi connectivity index (χ2n) is 6.97. The number of H-pyrrole nitrogens is 1. The summed E-state index contributed by atoms with van der Waals surface area (Å²) in [6.07, 6.45) is 4.84. The van der Waals surface area contributed by atoms with Crippen LogP contribution < -0.4 is 15.8 Å². The summed E-state index contributed by atoms with van der Waals surface area (Å²) in [7, 11) is 0. The van der Waals surface area contributed by atoms with E-state index in [2.05, 4.69) is 15.2 Å². The van der Waals surface area contributed by atoms with Crippen molar-refractivity contribution in [2.45, 2.75) is 25.7 Å². The molecule has 0 radical (unpaired) electrons. The molecule has 0 unspecified atom stereocenters. The Bertz CT molecular complexity index is 1020.